The number of carbonyl (C=O) groups excluding carboxylic acids is 1. The van der Waals surface area contributed by atoms with Crippen molar-refractivity contribution in [1.82, 2.24) is 15.5 Å². The van der Waals surface area contributed by atoms with Crippen molar-refractivity contribution in [2.75, 3.05) is 52.5 Å². The summed E-state index contributed by atoms with van der Waals surface area (Å²) in [4.78, 5) is 14.2. The molecule has 2 heterocycles. The summed E-state index contributed by atoms with van der Waals surface area (Å²) in [6.07, 6.45) is 5.14. The van der Waals surface area contributed by atoms with Crippen LogP contribution in [-0.4, -0.2) is 63.3 Å². The zero-order valence-corrected chi connectivity index (χ0v) is 12.5. The van der Waals surface area contributed by atoms with E-state index in [0.29, 0.717) is 12.3 Å². The number of morpholine rings is 1. The monoisotopic (exact) mass is 282 g/mol. The molecule has 0 bridgehead atoms. The lowest BCUT2D eigenvalue weighted by molar-refractivity contribution is -0.121. The number of hydrogen-bond donors (Lipinski definition) is 1. The van der Waals surface area contributed by atoms with Crippen molar-refractivity contribution in [1.29, 1.82) is 0 Å². The fraction of sp³-hybridized carbons (Fsp3) is 0.933. The van der Waals surface area contributed by atoms with Crippen LogP contribution in [0.25, 0.3) is 0 Å². The molecule has 0 saturated carbocycles. The molecule has 5 heteroatoms. The molecule has 2 rings (SSSR count). The number of nitrogens with one attached hydrogen (secondary N) is 1. The molecular weight excluding hydrogens is 254 g/mol. The van der Waals surface area contributed by atoms with E-state index in [4.69, 9.17) is 4.74 Å². The molecule has 1 atom stereocenters. The third kappa shape index (κ3) is 6.20. The van der Waals surface area contributed by atoms with Crippen LogP contribution in [0.15, 0.2) is 0 Å². The molecule has 1 unspecified atom stereocenters. The van der Waals surface area contributed by atoms with Crippen LogP contribution in [0, 0.1) is 5.92 Å². The maximum Gasteiger partial charge on any atom is 0.220 e. The summed E-state index contributed by atoms with van der Waals surface area (Å²) < 4.78 is 5.31. The van der Waals surface area contributed by atoms with Gasteiger partial charge in [0.2, 0.25) is 5.91 Å². The topological polar surface area (TPSA) is 55.7 Å². The van der Waals surface area contributed by atoms with E-state index in [9.17, 15) is 4.79 Å². The minimum absolute atomic E-state index is 0.206. The number of piperidine rings is 1. The Kier molecular flexibility index (Phi) is 7.33. The van der Waals surface area contributed by atoms with Crippen molar-refractivity contribution >= 4 is 5.91 Å². The molecule has 0 aliphatic carbocycles. The van der Waals surface area contributed by atoms with Gasteiger partial charge in [0.1, 0.15) is 0 Å². The van der Waals surface area contributed by atoms with Crippen LogP contribution in [0.1, 0.15) is 32.1 Å². The molecule has 2 aliphatic rings. The van der Waals surface area contributed by atoms with Crippen LogP contribution in [-0.2, 0) is 9.53 Å². The lowest BCUT2D eigenvalue weighted by atomic mass is 9.94. The van der Waals surface area contributed by atoms with Gasteiger partial charge >= 0.3 is 0 Å². The minimum Gasteiger partial charge on any atom is -0.379 e. The molecular formula is C15H28N3O2. The number of nitrogens with zero attached hydrogens (tertiary/aromatic N) is 2. The highest BCUT2D eigenvalue weighted by Gasteiger charge is 2.15. The van der Waals surface area contributed by atoms with Gasteiger partial charge in [0.05, 0.1) is 13.2 Å². The zero-order chi connectivity index (χ0) is 14.0. The number of hydrogen-bond acceptors (Lipinski definition) is 3. The summed E-state index contributed by atoms with van der Waals surface area (Å²) in [5, 5.41) is 7.45. The third-order valence-electron chi connectivity index (χ3n) is 4.17. The Balaban J connectivity index is 1.45. The van der Waals surface area contributed by atoms with Gasteiger partial charge in [-0.3, -0.25) is 9.69 Å². The van der Waals surface area contributed by atoms with Gasteiger partial charge in [-0.15, -0.1) is 0 Å². The normalized spacial score (nSPS) is 24.5. The maximum atomic E-state index is 11.8. The number of rotatable bonds is 7. The summed E-state index contributed by atoms with van der Waals surface area (Å²) in [7, 11) is 0. The van der Waals surface area contributed by atoms with Gasteiger partial charge in [-0.2, -0.15) is 0 Å². The van der Waals surface area contributed by atoms with Crippen LogP contribution in [0.3, 0.4) is 0 Å². The molecule has 0 aromatic heterocycles. The zero-order valence-electron chi connectivity index (χ0n) is 12.5. The van der Waals surface area contributed by atoms with Crippen LogP contribution < -0.4 is 10.6 Å². The van der Waals surface area contributed by atoms with E-state index in [1.165, 1.54) is 12.8 Å². The Morgan fingerprint density at radius 3 is 2.95 bits per heavy atom. The number of amides is 1. The van der Waals surface area contributed by atoms with Gasteiger partial charge < -0.3 is 10.1 Å². The van der Waals surface area contributed by atoms with Crippen LogP contribution >= 0.6 is 0 Å². The number of carbonyl (C=O) groups is 1. The van der Waals surface area contributed by atoms with Crippen molar-refractivity contribution in [2.24, 2.45) is 5.92 Å². The molecule has 20 heavy (non-hydrogen) atoms. The lowest BCUT2D eigenvalue weighted by Gasteiger charge is -2.26. The van der Waals surface area contributed by atoms with Crippen molar-refractivity contribution in [3.63, 3.8) is 0 Å². The first-order valence-electron chi connectivity index (χ1n) is 8.04. The van der Waals surface area contributed by atoms with E-state index >= 15 is 0 Å². The Morgan fingerprint density at radius 2 is 2.20 bits per heavy atom. The summed E-state index contributed by atoms with van der Waals surface area (Å²) in [6.45, 7) is 7.58. The van der Waals surface area contributed by atoms with Crippen LogP contribution in [0.2, 0.25) is 0 Å². The molecule has 2 fully saturated rings. The van der Waals surface area contributed by atoms with E-state index < -0.39 is 0 Å². The molecule has 2 aliphatic heterocycles. The van der Waals surface area contributed by atoms with Gasteiger partial charge in [-0.1, -0.05) is 0 Å². The largest absolute Gasteiger partial charge is 0.379 e. The SMILES string of the molecule is O=C(CCC1CCC[N]C1)NCCCN1CCOCC1. The highest BCUT2D eigenvalue weighted by molar-refractivity contribution is 5.75. The van der Waals surface area contributed by atoms with E-state index in [1.54, 1.807) is 0 Å². The highest BCUT2D eigenvalue weighted by atomic mass is 16.5. The standard InChI is InChI=1S/C15H28N3O2/c19-15(5-4-14-3-1-6-16-13-14)17-7-2-8-18-9-11-20-12-10-18/h14H,1-13H2,(H,17,19). The second-order valence-electron chi connectivity index (χ2n) is 5.83. The predicted octanol–water partition coefficient (Wildman–Crippen LogP) is 0.620. The highest BCUT2D eigenvalue weighted by Crippen LogP contribution is 2.16. The fourth-order valence-electron chi connectivity index (χ4n) is 2.87. The molecule has 0 aromatic carbocycles. The van der Waals surface area contributed by atoms with E-state index in [0.717, 1.165) is 65.3 Å². The molecule has 1 N–H and O–H groups in total. The molecule has 0 spiro atoms. The summed E-state index contributed by atoms with van der Waals surface area (Å²) in [5.74, 6) is 0.848. The van der Waals surface area contributed by atoms with Crippen LogP contribution in [0.4, 0.5) is 0 Å². The average Bonchev–Trinajstić information content (AvgIpc) is 2.52. The van der Waals surface area contributed by atoms with E-state index in [-0.39, 0.29) is 5.91 Å². The quantitative estimate of drug-likeness (QED) is 0.697. The van der Waals surface area contributed by atoms with E-state index in [2.05, 4.69) is 15.5 Å². The number of ether oxygens (including phenoxy) is 1. The first-order chi connectivity index (χ1) is 9.84. The molecule has 5 nitrogen and oxygen atoms in total. The average molecular weight is 282 g/mol. The molecule has 0 aromatic rings. The smallest absolute Gasteiger partial charge is 0.220 e. The maximum absolute atomic E-state index is 11.8. The summed E-state index contributed by atoms with van der Waals surface area (Å²) in [5.41, 5.74) is 0. The predicted molar refractivity (Wildman–Crippen MR) is 78.7 cm³/mol. The molecule has 2 saturated heterocycles. The minimum atomic E-state index is 0.206. The van der Waals surface area contributed by atoms with E-state index in [1.807, 2.05) is 0 Å². The molecule has 1 amide bonds. The fourth-order valence-corrected chi connectivity index (χ4v) is 2.87. The lowest BCUT2D eigenvalue weighted by Crippen LogP contribution is -2.38. The Labute approximate surface area is 122 Å². The van der Waals surface area contributed by atoms with Gasteiger partial charge in [0.15, 0.2) is 0 Å². The molecule has 1 radical (unpaired) electrons. The summed E-state index contributed by atoms with van der Waals surface area (Å²) in [6, 6.07) is 0. The van der Waals surface area contributed by atoms with Crippen LogP contribution in [0.5, 0.6) is 0 Å². The van der Waals surface area contributed by atoms with Gasteiger partial charge in [0.25, 0.3) is 0 Å². The second-order valence-corrected chi connectivity index (χ2v) is 5.83. The first kappa shape index (κ1) is 15.7. The second kappa shape index (κ2) is 9.32. The van der Waals surface area contributed by atoms with Crippen molar-refractivity contribution < 1.29 is 9.53 Å². The Hall–Kier alpha value is -0.650. The van der Waals surface area contributed by atoms with Crippen molar-refractivity contribution in [3.05, 3.63) is 0 Å². The van der Waals surface area contributed by atoms with Gasteiger partial charge in [-0.25, -0.2) is 5.32 Å². The van der Waals surface area contributed by atoms with Crippen molar-refractivity contribution in [2.45, 2.75) is 32.1 Å². The Morgan fingerprint density at radius 1 is 1.35 bits per heavy atom. The molecule has 115 valence electrons. The summed E-state index contributed by atoms with van der Waals surface area (Å²) >= 11 is 0. The van der Waals surface area contributed by atoms with Gasteiger partial charge in [-0.05, 0) is 38.1 Å². The Bertz CT molecular complexity index is 274. The van der Waals surface area contributed by atoms with Gasteiger partial charge in [0, 0.05) is 39.1 Å². The van der Waals surface area contributed by atoms with Crippen molar-refractivity contribution in [3.8, 4) is 0 Å². The third-order valence-corrected chi connectivity index (χ3v) is 4.17. The first-order valence-corrected chi connectivity index (χ1v) is 8.04.